The van der Waals surface area contributed by atoms with Crippen LogP contribution in [0.2, 0.25) is 0 Å². The van der Waals surface area contributed by atoms with Crippen molar-refractivity contribution in [2.45, 2.75) is 19.8 Å². The van der Waals surface area contributed by atoms with Gasteiger partial charge < -0.3 is 10.6 Å². The van der Waals surface area contributed by atoms with Crippen LogP contribution in [-0.4, -0.2) is 49.4 Å². The van der Waals surface area contributed by atoms with Crippen molar-refractivity contribution < 1.29 is 9.59 Å². The quantitative estimate of drug-likeness (QED) is 0.653. The lowest BCUT2D eigenvalue weighted by Crippen LogP contribution is -2.43. The van der Waals surface area contributed by atoms with Gasteiger partial charge in [0.05, 0.1) is 13.1 Å². The van der Waals surface area contributed by atoms with E-state index in [-0.39, 0.29) is 18.4 Å². The molecular weight excluding hydrogens is 230 g/mol. The molecule has 0 aromatic heterocycles. The van der Waals surface area contributed by atoms with Gasteiger partial charge >= 0.3 is 0 Å². The molecule has 0 aliphatic carbocycles. The van der Waals surface area contributed by atoms with Gasteiger partial charge in [0.25, 0.3) is 0 Å². The van der Waals surface area contributed by atoms with Crippen LogP contribution in [0.1, 0.15) is 19.8 Å². The van der Waals surface area contributed by atoms with Crippen molar-refractivity contribution in [2.75, 3.05) is 32.7 Å². The van der Waals surface area contributed by atoms with Crippen molar-refractivity contribution in [1.29, 1.82) is 0 Å². The van der Waals surface area contributed by atoms with E-state index >= 15 is 0 Å². The molecule has 0 bridgehead atoms. The van der Waals surface area contributed by atoms with Crippen LogP contribution in [0.4, 0.5) is 0 Å². The Kier molecular flexibility index (Phi) is 6.23. The number of hydrogen-bond acceptors (Lipinski definition) is 3. The summed E-state index contributed by atoms with van der Waals surface area (Å²) in [5.41, 5.74) is 0. The molecule has 5 nitrogen and oxygen atoms in total. The molecule has 0 aromatic rings. The molecule has 0 aromatic carbocycles. The van der Waals surface area contributed by atoms with E-state index in [4.69, 9.17) is 6.42 Å². The number of terminal acetylenes is 1. The first-order valence-corrected chi connectivity index (χ1v) is 6.28. The average Bonchev–Trinajstić information content (AvgIpc) is 2.35. The van der Waals surface area contributed by atoms with Crippen LogP contribution in [0.25, 0.3) is 0 Å². The van der Waals surface area contributed by atoms with Crippen molar-refractivity contribution >= 4 is 11.8 Å². The van der Waals surface area contributed by atoms with Gasteiger partial charge in [-0.25, -0.2) is 0 Å². The second kappa shape index (κ2) is 7.72. The van der Waals surface area contributed by atoms with Crippen molar-refractivity contribution in [3.05, 3.63) is 0 Å². The van der Waals surface area contributed by atoms with Crippen LogP contribution in [0.3, 0.4) is 0 Å². The Morgan fingerprint density at radius 3 is 2.56 bits per heavy atom. The Hall–Kier alpha value is -1.54. The number of amides is 2. The maximum atomic E-state index is 11.5. The predicted molar refractivity (Wildman–Crippen MR) is 69.7 cm³/mol. The lowest BCUT2D eigenvalue weighted by Gasteiger charge is -2.31. The Labute approximate surface area is 108 Å². The summed E-state index contributed by atoms with van der Waals surface area (Å²) in [6, 6.07) is 0. The van der Waals surface area contributed by atoms with E-state index in [9.17, 15) is 9.59 Å². The Bertz CT molecular complexity index is 328. The second-order valence-corrected chi connectivity index (χ2v) is 4.64. The monoisotopic (exact) mass is 251 g/mol. The van der Waals surface area contributed by atoms with E-state index in [2.05, 4.69) is 21.5 Å². The first-order valence-electron chi connectivity index (χ1n) is 6.28. The fourth-order valence-corrected chi connectivity index (χ4v) is 2.05. The minimum Gasteiger partial charge on any atom is -0.356 e. The third-order valence-electron chi connectivity index (χ3n) is 3.10. The number of nitrogens with one attached hydrogen (secondary N) is 2. The number of carbonyl (C=O) groups is 2. The largest absolute Gasteiger partial charge is 0.356 e. The number of hydrogen-bond donors (Lipinski definition) is 2. The number of nitrogens with zero attached hydrogens (tertiary/aromatic N) is 1. The molecule has 5 heteroatoms. The summed E-state index contributed by atoms with van der Waals surface area (Å²) in [4.78, 5) is 24.4. The molecule has 1 heterocycles. The molecule has 0 spiro atoms. The predicted octanol–water partition coefficient (Wildman–Crippen LogP) is -0.416. The number of rotatable bonds is 5. The first kappa shape index (κ1) is 14.5. The van der Waals surface area contributed by atoms with Crippen molar-refractivity contribution in [2.24, 2.45) is 5.92 Å². The highest BCUT2D eigenvalue weighted by atomic mass is 16.2. The van der Waals surface area contributed by atoms with E-state index in [0.29, 0.717) is 12.5 Å². The van der Waals surface area contributed by atoms with E-state index in [1.54, 1.807) is 0 Å². The average molecular weight is 251 g/mol. The molecule has 2 amide bonds. The third kappa shape index (κ3) is 5.69. The molecule has 0 atom stereocenters. The summed E-state index contributed by atoms with van der Waals surface area (Å²) < 4.78 is 0. The maximum Gasteiger partial charge on any atom is 0.234 e. The number of likely N-dealkylation sites (tertiary alicyclic amines) is 1. The van der Waals surface area contributed by atoms with Gasteiger partial charge in [-0.2, -0.15) is 0 Å². The molecule has 1 rings (SSSR count). The third-order valence-corrected chi connectivity index (χ3v) is 3.10. The molecule has 1 fully saturated rings. The topological polar surface area (TPSA) is 61.4 Å². The molecular formula is C13H21N3O2. The lowest BCUT2D eigenvalue weighted by atomic mass is 9.97. The van der Waals surface area contributed by atoms with Gasteiger partial charge in [0.2, 0.25) is 11.8 Å². The zero-order valence-corrected chi connectivity index (χ0v) is 10.9. The maximum absolute atomic E-state index is 11.5. The summed E-state index contributed by atoms with van der Waals surface area (Å²) in [5, 5.41) is 5.50. The van der Waals surface area contributed by atoms with E-state index in [1.165, 1.54) is 6.92 Å². The molecule has 1 saturated heterocycles. The molecule has 100 valence electrons. The highest BCUT2D eigenvalue weighted by Crippen LogP contribution is 2.15. The summed E-state index contributed by atoms with van der Waals surface area (Å²) in [6.45, 7) is 4.77. The normalized spacial score (nSPS) is 16.9. The Morgan fingerprint density at radius 1 is 1.33 bits per heavy atom. The molecule has 1 aliphatic rings. The number of piperidine rings is 1. The van der Waals surface area contributed by atoms with Gasteiger partial charge in [-0.15, -0.1) is 6.42 Å². The minimum atomic E-state index is -0.0201. The van der Waals surface area contributed by atoms with Crippen LogP contribution in [0.15, 0.2) is 0 Å². The zero-order chi connectivity index (χ0) is 13.4. The molecule has 18 heavy (non-hydrogen) atoms. The standard InChI is InChI=1S/C13H21N3O2/c1-3-6-14-13(18)10-16-7-4-12(5-8-16)9-15-11(2)17/h1,12H,4-10H2,2H3,(H,14,18)(H,15,17). The summed E-state index contributed by atoms with van der Waals surface area (Å²) in [6.07, 6.45) is 7.11. The highest BCUT2D eigenvalue weighted by Gasteiger charge is 2.20. The Balaban J connectivity index is 2.17. The summed E-state index contributed by atoms with van der Waals surface area (Å²) in [5.74, 6) is 2.91. The van der Waals surface area contributed by atoms with Gasteiger partial charge in [0.1, 0.15) is 0 Å². The van der Waals surface area contributed by atoms with Gasteiger partial charge in [-0.05, 0) is 31.8 Å². The smallest absolute Gasteiger partial charge is 0.234 e. The Morgan fingerprint density at radius 2 is 2.00 bits per heavy atom. The minimum absolute atomic E-state index is 0.0195. The van der Waals surface area contributed by atoms with Gasteiger partial charge in [-0.3, -0.25) is 14.5 Å². The van der Waals surface area contributed by atoms with Crippen molar-refractivity contribution in [3.8, 4) is 12.3 Å². The molecule has 0 saturated carbocycles. The molecule has 0 radical (unpaired) electrons. The molecule has 2 N–H and O–H groups in total. The van der Waals surface area contributed by atoms with Gasteiger partial charge in [0, 0.05) is 13.5 Å². The van der Waals surface area contributed by atoms with Crippen molar-refractivity contribution in [1.82, 2.24) is 15.5 Å². The molecule has 1 aliphatic heterocycles. The lowest BCUT2D eigenvalue weighted by molar-refractivity contribution is -0.122. The van der Waals surface area contributed by atoms with Crippen LogP contribution in [0.5, 0.6) is 0 Å². The number of carbonyl (C=O) groups excluding carboxylic acids is 2. The fourth-order valence-electron chi connectivity index (χ4n) is 2.05. The van der Waals surface area contributed by atoms with Crippen LogP contribution in [-0.2, 0) is 9.59 Å². The van der Waals surface area contributed by atoms with Gasteiger partial charge in [-0.1, -0.05) is 5.92 Å². The van der Waals surface area contributed by atoms with E-state index < -0.39 is 0 Å². The fraction of sp³-hybridized carbons (Fsp3) is 0.692. The van der Waals surface area contributed by atoms with Crippen LogP contribution >= 0.6 is 0 Å². The van der Waals surface area contributed by atoms with E-state index in [0.717, 1.165) is 32.5 Å². The van der Waals surface area contributed by atoms with Crippen LogP contribution in [0, 0.1) is 18.3 Å². The van der Waals surface area contributed by atoms with Crippen molar-refractivity contribution in [3.63, 3.8) is 0 Å². The van der Waals surface area contributed by atoms with E-state index in [1.807, 2.05) is 0 Å². The zero-order valence-electron chi connectivity index (χ0n) is 10.9. The van der Waals surface area contributed by atoms with Crippen LogP contribution < -0.4 is 10.6 Å². The highest BCUT2D eigenvalue weighted by molar-refractivity contribution is 5.78. The SMILES string of the molecule is C#CCNC(=O)CN1CCC(CNC(C)=O)CC1. The van der Waals surface area contributed by atoms with Gasteiger partial charge in [0.15, 0.2) is 0 Å². The summed E-state index contributed by atoms with van der Waals surface area (Å²) in [7, 11) is 0. The molecule has 0 unspecified atom stereocenters. The first-order chi connectivity index (χ1) is 8.61. The second-order valence-electron chi connectivity index (χ2n) is 4.64. The summed E-state index contributed by atoms with van der Waals surface area (Å²) >= 11 is 0.